The maximum absolute atomic E-state index is 10.6. The Morgan fingerprint density at radius 2 is 1.50 bits per heavy atom. The highest BCUT2D eigenvalue weighted by molar-refractivity contribution is 5.76. The van der Waals surface area contributed by atoms with E-state index in [9.17, 15) is 4.79 Å². The molecule has 0 saturated heterocycles. The lowest BCUT2D eigenvalue weighted by atomic mass is 10.6. The fourth-order valence-corrected chi connectivity index (χ4v) is 0.789. The first-order valence-electron chi connectivity index (χ1n) is 5.03. The summed E-state index contributed by atoms with van der Waals surface area (Å²) in [5.41, 5.74) is 1.96. The zero-order chi connectivity index (χ0) is 12.1. The van der Waals surface area contributed by atoms with Crippen LogP contribution in [0.5, 0.6) is 0 Å². The molecule has 0 atom stereocenters. The van der Waals surface area contributed by atoms with Gasteiger partial charge in [-0.3, -0.25) is 10.2 Å². The molecule has 0 aliphatic heterocycles. The third-order valence-electron chi connectivity index (χ3n) is 1.57. The average molecular weight is 236 g/mol. The molecule has 0 radical (unpaired) electrons. The number of carbonyl (C=O) groups excluding carboxylic acids is 1. The third kappa shape index (κ3) is 11.3. The molecular weight excluding hydrogens is 216 g/mol. The van der Waals surface area contributed by atoms with Gasteiger partial charge in [0, 0.05) is 7.11 Å². The van der Waals surface area contributed by atoms with Crippen LogP contribution in [-0.4, -0.2) is 59.3 Å². The molecule has 0 heterocycles. The number of rotatable bonds is 11. The number of ether oxygens (including phenoxy) is 4. The van der Waals surface area contributed by atoms with Gasteiger partial charge in [-0.2, -0.15) is 0 Å². The van der Waals surface area contributed by atoms with Crippen LogP contribution in [0.2, 0.25) is 0 Å². The highest BCUT2D eigenvalue weighted by atomic mass is 16.6. The lowest BCUT2D eigenvalue weighted by molar-refractivity contribution is -0.126. The summed E-state index contributed by atoms with van der Waals surface area (Å²) in [5.74, 6) is 4.50. The normalized spacial score (nSPS) is 10.4. The zero-order valence-corrected chi connectivity index (χ0v) is 9.57. The largest absolute Gasteiger partial charge is 0.382 e. The Labute approximate surface area is 95.1 Å². The minimum Gasteiger partial charge on any atom is -0.382 e. The predicted octanol–water partition coefficient (Wildman–Crippen LogP) is -1.33. The van der Waals surface area contributed by atoms with E-state index >= 15 is 0 Å². The summed E-state index contributed by atoms with van der Waals surface area (Å²) in [6, 6.07) is 0. The first-order chi connectivity index (χ1) is 7.81. The second-order valence-electron chi connectivity index (χ2n) is 2.84. The van der Waals surface area contributed by atoms with Crippen molar-refractivity contribution in [1.82, 2.24) is 5.43 Å². The molecule has 16 heavy (non-hydrogen) atoms. The van der Waals surface area contributed by atoms with Crippen molar-refractivity contribution in [3.05, 3.63) is 0 Å². The van der Waals surface area contributed by atoms with Crippen molar-refractivity contribution in [2.45, 2.75) is 0 Å². The van der Waals surface area contributed by atoms with Gasteiger partial charge in [0.15, 0.2) is 0 Å². The van der Waals surface area contributed by atoms with Crippen LogP contribution in [0.1, 0.15) is 0 Å². The van der Waals surface area contributed by atoms with Crippen LogP contribution in [0, 0.1) is 0 Å². The molecule has 7 heteroatoms. The molecule has 0 rings (SSSR count). The van der Waals surface area contributed by atoms with Gasteiger partial charge in [-0.05, 0) is 0 Å². The van der Waals surface area contributed by atoms with E-state index in [4.69, 9.17) is 24.8 Å². The molecule has 0 aliphatic rings. The molecule has 0 spiro atoms. The van der Waals surface area contributed by atoms with Gasteiger partial charge < -0.3 is 18.9 Å². The average Bonchev–Trinajstić information content (AvgIpc) is 2.31. The number of amides is 1. The van der Waals surface area contributed by atoms with E-state index in [0.717, 1.165) is 0 Å². The molecule has 0 aromatic rings. The molecule has 0 aromatic carbocycles. The number of carbonyl (C=O) groups is 1. The quantitative estimate of drug-likeness (QED) is 0.200. The molecule has 0 aromatic heterocycles. The minimum absolute atomic E-state index is 0.0514. The Balaban J connectivity index is 2.96. The van der Waals surface area contributed by atoms with Crippen LogP contribution in [-0.2, 0) is 23.7 Å². The summed E-state index contributed by atoms with van der Waals surface area (Å²) in [6.07, 6.45) is 0. The van der Waals surface area contributed by atoms with Gasteiger partial charge in [-0.15, -0.1) is 0 Å². The van der Waals surface area contributed by atoms with Crippen molar-refractivity contribution >= 4 is 5.91 Å². The maximum Gasteiger partial charge on any atom is 0.259 e. The van der Waals surface area contributed by atoms with Gasteiger partial charge in [0.05, 0.1) is 39.6 Å². The standard InChI is InChI=1S/C9H20N2O5/c1-13-2-3-14-4-5-15-6-7-16-8-9(12)11-10/h2-8,10H2,1H3,(H,11,12). The topological polar surface area (TPSA) is 92.0 Å². The lowest BCUT2D eigenvalue weighted by Gasteiger charge is -2.06. The predicted molar refractivity (Wildman–Crippen MR) is 56.7 cm³/mol. The Morgan fingerprint density at radius 3 is 2.00 bits per heavy atom. The van der Waals surface area contributed by atoms with Crippen molar-refractivity contribution in [2.75, 3.05) is 53.4 Å². The van der Waals surface area contributed by atoms with E-state index in [1.165, 1.54) is 0 Å². The van der Waals surface area contributed by atoms with Gasteiger partial charge in [-0.1, -0.05) is 0 Å². The van der Waals surface area contributed by atoms with E-state index in [-0.39, 0.29) is 12.5 Å². The Bertz CT molecular complexity index is 168. The van der Waals surface area contributed by atoms with Gasteiger partial charge >= 0.3 is 0 Å². The number of methoxy groups -OCH3 is 1. The number of nitrogens with one attached hydrogen (secondary N) is 1. The van der Waals surface area contributed by atoms with Crippen molar-refractivity contribution in [3.8, 4) is 0 Å². The molecule has 7 nitrogen and oxygen atoms in total. The minimum atomic E-state index is -0.358. The SMILES string of the molecule is COCCOCCOCCOCC(=O)NN. The summed E-state index contributed by atoms with van der Waals surface area (Å²) >= 11 is 0. The maximum atomic E-state index is 10.6. The molecule has 1 amide bonds. The number of hydrogen-bond acceptors (Lipinski definition) is 6. The van der Waals surface area contributed by atoms with Gasteiger partial charge in [0.25, 0.3) is 5.91 Å². The Kier molecular flexibility index (Phi) is 11.8. The second kappa shape index (κ2) is 12.3. The Hall–Kier alpha value is -0.730. The van der Waals surface area contributed by atoms with Crippen molar-refractivity contribution in [1.29, 1.82) is 0 Å². The second-order valence-corrected chi connectivity index (χ2v) is 2.84. The molecular formula is C9H20N2O5. The van der Waals surface area contributed by atoms with E-state index in [2.05, 4.69) is 0 Å². The fraction of sp³-hybridized carbons (Fsp3) is 0.889. The van der Waals surface area contributed by atoms with E-state index in [1.54, 1.807) is 7.11 Å². The van der Waals surface area contributed by atoms with Crippen LogP contribution in [0.4, 0.5) is 0 Å². The number of hydrogen-bond donors (Lipinski definition) is 2. The highest BCUT2D eigenvalue weighted by Crippen LogP contribution is 1.81. The van der Waals surface area contributed by atoms with Crippen molar-refractivity contribution in [2.24, 2.45) is 5.84 Å². The summed E-state index contributed by atoms with van der Waals surface area (Å²) in [4.78, 5) is 10.6. The van der Waals surface area contributed by atoms with Gasteiger partial charge in [-0.25, -0.2) is 5.84 Å². The van der Waals surface area contributed by atoms with Crippen LogP contribution in [0.25, 0.3) is 0 Å². The monoisotopic (exact) mass is 236 g/mol. The molecule has 0 aliphatic carbocycles. The Morgan fingerprint density at radius 1 is 1.00 bits per heavy atom. The van der Waals surface area contributed by atoms with Crippen molar-refractivity contribution < 1.29 is 23.7 Å². The van der Waals surface area contributed by atoms with Gasteiger partial charge in [0.1, 0.15) is 6.61 Å². The lowest BCUT2D eigenvalue weighted by Crippen LogP contribution is -2.33. The van der Waals surface area contributed by atoms with E-state index < -0.39 is 0 Å². The van der Waals surface area contributed by atoms with Crippen LogP contribution in [0.3, 0.4) is 0 Å². The number of hydrazine groups is 1. The molecule has 3 N–H and O–H groups in total. The first-order valence-corrected chi connectivity index (χ1v) is 5.03. The zero-order valence-electron chi connectivity index (χ0n) is 9.57. The molecule has 0 bridgehead atoms. The summed E-state index contributed by atoms with van der Waals surface area (Å²) in [5, 5.41) is 0. The van der Waals surface area contributed by atoms with E-state index in [0.29, 0.717) is 39.6 Å². The fourth-order valence-electron chi connectivity index (χ4n) is 0.789. The van der Waals surface area contributed by atoms with Gasteiger partial charge in [0.2, 0.25) is 0 Å². The summed E-state index contributed by atoms with van der Waals surface area (Å²) < 4.78 is 20.1. The van der Waals surface area contributed by atoms with Crippen LogP contribution in [0.15, 0.2) is 0 Å². The highest BCUT2D eigenvalue weighted by Gasteiger charge is 1.97. The van der Waals surface area contributed by atoms with Crippen molar-refractivity contribution in [3.63, 3.8) is 0 Å². The third-order valence-corrected chi connectivity index (χ3v) is 1.57. The molecule has 0 unspecified atom stereocenters. The molecule has 0 saturated carbocycles. The van der Waals surface area contributed by atoms with Crippen LogP contribution >= 0.6 is 0 Å². The molecule has 96 valence electrons. The molecule has 0 fully saturated rings. The van der Waals surface area contributed by atoms with E-state index in [1.807, 2.05) is 5.43 Å². The smallest absolute Gasteiger partial charge is 0.259 e. The number of nitrogens with two attached hydrogens (primary N) is 1. The first kappa shape index (κ1) is 15.3. The summed E-state index contributed by atoms with van der Waals surface area (Å²) in [6.45, 7) is 2.88. The van der Waals surface area contributed by atoms with Crippen LogP contribution < -0.4 is 11.3 Å². The summed E-state index contributed by atoms with van der Waals surface area (Å²) in [7, 11) is 1.62.